The van der Waals surface area contributed by atoms with Gasteiger partial charge in [0.2, 0.25) is 0 Å². The second kappa shape index (κ2) is 6.92. The third-order valence-electron chi connectivity index (χ3n) is 4.44. The van der Waals surface area contributed by atoms with Crippen molar-refractivity contribution in [3.05, 3.63) is 16.3 Å². The van der Waals surface area contributed by atoms with Crippen molar-refractivity contribution in [1.82, 2.24) is 19.6 Å². The number of rotatable bonds is 5. The van der Waals surface area contributed by atoms with Gasteiger partial charge < -0.3 is 4.74 Å². The average Bonchev–Trinajstić information content (AvgIpc) is 3.20. The molecule has 0 saturated heterocycles. The number of aromatic nitrogens is 4. The summed E-state index contributed by atoms with van der Waals surface area (Å²) >= 11 is 3.17. The monoisotopic (exact) mass is 376 g/mol. The van der Waals surface area contributed by atoms with E-state index in [1.807, 2.05) is 11.3 Å². The Bertz CT molecular complexity index is 947. The molecule has 0 atom stereocenters. The summed E-state index contributed by atoms with van der Waals surface area (Å²) in [5.41, 5.74) is 2.29. The number of nitrogens with zero attached hydrogens (tertiary/aromatic N) is 4. The summed E-state index contributed by atoms with van der Waals surface area (Å²) in [7, 11) is 0. The van der Waals surface area contributed by atoms with E-state index in [1.165, 1.54) is 35.0 Å². The number of thioether (sulfide) groups is 1. The van der Waals surface area contributed by atoms with Gasteiger partial charge in [0.1, 0.15) is 10.7 Å². The zero-order valence-electron chi connectivity index (χ0n) is 14.4. The van der Waals surface area contributed by atoms with Crippen LogP contribution in [-0.2, 0) is 28.8 Å². The van der Waals surface area contributed by atoms with Crippen molar-refractivity contribution in [2.24, 2.45) is 0 Å². The summed E-state index contributed by atoms with van der Waals surface area (Å²) in [5, 5.41) is 10.7. The molecule has 132 valence electrons. The SMILES string of the molecule is CCOC(=O)CSc1nnc2c3c4c(sc3nc(CC)n12)CCCC4. The van der Waals surface area contributed by atoms with Crippen molar-refractivity contribution >= 4 is 44.9 Å². The Hall–Kier alpha value is -1.67. The maximum absolute atomic E-state index is 11.7. The third kappa shape index (κ3) is 2.91. The van der Waals surface area contributed by atoms with E-state index >= 15 is 0 Å². The number of hydrogen-bond donors (Lipinski definition) is 0. The van der Waals surface area contributed by atoms with Gasteiger partial charge in [-0.05, 0) is 38.2 Å². The van der Waals surface area contributed by atoms with E-state index in [-0.39, 0.29) is 11.7 Å². The largest absolute Gasteiger partial charge is 0.465 e. The highest BCUT2D eigenvalue weighted by Crippen LogP contribution is 2.38. The predicted molar refractivity (Wildman–Crippen MR) is 99.5 cm³/mol. The molecule has 0 unspecified atom stereocenters. The van der Waals surface area contributed by atoms with Gasteiger partial charge in [0.05, 0.1) is 17.7 Å². The minimum absolute atomic E-state index is 0.232. The Morgan fingerprint density at radius 3 is 2.92 bits per heavy atom. The standard InChI is InChI=1S/C17H20N4O2S2/c1-3-12-18-16-14(10-7-5-6-8-11(10)25-16)15-19-20-17(21(12)15)24-9-13(22)23-4-2/h3-9H2,1-2H3. The van der Waals surface area contributed by atoms with Crippen molar-refractivity contribution < 1.29 is 9.53 Å². The summed E-state index contributed by atoms with van der Waals surface area (Å²) in [6, 6.07) is 0. The van der Waals surface area contributed by atoms with E-state index in [2.05, 4.69) is 17.1 Å². The Labute approximate surface area is 154 Å². The first kappa shape index (κ1) is 16.8. The van der Waals surface area contributed by atoms with E-state index in [0.717, 1.165) is 41.0 Å². The van der Waals surface area contributed by atoms with E-state index in [1.54, 1.807) is 11.3 Å². The molecule has 6 nitrogen and oxygen atoms in total. The maximum atomic E-state index is 11.7. The first-order chi connectivity index (χ1) is 12.2. The lowest BCUT2D eigenvalue weighted by Gasteiger charge is -2.10. The van der Waals surface area contributed by atoms with Gasteiger partial charge in [-0.1, -0.05) is 18.7 Å². The molecule has 8 heteroatoms. The first-order valence-electron chi connectivity index (χ1n) is 8.69. The molecule has 0 fully saturated rings. The highest BCUT2D eigenvalue weighted by Gasteiger charge is 2.23. The van der Waals surface area contributed by atoms with Crippen LogP contribution in [0.4, 0.5) is 0 Å². The minimum Gasteiger partial charge on any atom is -0.465 e. The van der Waals surface area contributed by atoms with Crippen LogP contribution in [-0.4, -0.2) is 37.9 Å². The minimum atomic E-state index is -0.232. The molecule has 3 aromatic rings. The molecule has 0 radical (unpaired) electrons. The van der Waals surface area contributed by atoms with Crippen LogP contribution in [0, 0.1) is 0 Å². The molecule has 0 amide bonds. The second-order valence-electron chi connectivity index (χ2n) is 6.01. The Kier molecular flexibility index (Phi) is 4.64. The van der Waals surface area contributed by atoms with Crippen LogP contribution in [0.25, 0.3) is 15.9 Å². The van der Waals surface area contributed by atoms with Gasteiger partial charge in [-0.3, -0.25) is 9.20 Å². The fourth-order valence-electron chi connectivity index (χ4n) is 3.35. The zero-order valence-corrected chi connectivity index (χ0v) is 16.0. The van der Waals surface area contributed by atoms with E-state index in [9.17, 15) is 4.79 Å². The molecule has 1 aliphatic carbocycles. The molecule has 0 bridgehead atoms. The first-order valence-corrected chi connectivity index (χ1v) is 10.5. The predicted octanol–water partition coefficient (Wildman–Crippen LogP) is 3.44. The molecule has 0 spiro atoms. The summed E-state index contributed by atoms with van der Waals surface area (Å²) in [5.74, 6) is 0.944. The van der Waals surface area contributed by atoms with Gasteiger partial charge in [-0.2, -0.15) is 0 Å². The summed E-state index contributed by atoms with van der Waals surface area (Å²) < 4.78 is 7.03. The molecule has 0 N–H and O–H groups in total. The highest BCUT2D eigenvalue weighted by molar-refractivity contribution is 7.99. The van der Waals surface area contributed by atoms with Crippen LogP contribution in [0.3, 0.4) is 0 Å². The van der Waals surface area contributed by atoms with Crippen LogP contribution in [0.2, 0.25) is 0 Å². The van der Waals surface area contributed by atoms with Crippen molar-refractivity contribution in [1.29, 1.82) is 0 Å². The van der Waals surface area contributed by atoms with Gasteiger partial charge in [0.15, 0.2) is 10.8 Å². The topological polar surface area (TPSA) is 69.4 Å². The molecule has 4 rings (SSSR count). The lowest BCUT2D eigenvalue weighted by atomic mass is 9.97. The summed E-state index contributed by atoms with van der Waals surface area (Å²) in [4.78, 5) is 19.1. The van der Waals surface area contributed by atoms with Crippen molar-refractivity contribution in [3.63, 3.8) is 0 Å². The number of hydrogen-bond acceptors (Lipinski definition) is 7. The van der Waals surface area contributed by atoms with Crippen molar-refractivity contribution in [2.45, 2.75) is 51.1 Å². The Morgan fingerprint density at radius 1 is 1.28 bits per heavy atom. The molecule has 0 aromatic carbocycles. The highest BCUT2D eigenvalue weighted by atomic mass is 32.2. The van der Waals surface area contributed by atoms with Gasteiger partial charge >= 0.3 is 5.97 Å². The van der Waals surface area contributed by atoms with Crippen molar-refractivity contribution in [2.75, 3.05) is 12.4 Å². The van der Waals surface area contributed by atoms with Crippen LogP contribution < -0.4 is 0 Å². The molecule has 25 heavy (non-hydrogen) atoms. The summed E-state index contributed by atoms with van der Waals surface area (Å²) in [6.07, 6.45) is 5.50. The van der Waals surface area contributed by atoms with E-state index in [4.69, 9.17) is 9.72 Å². The molecule has 3 aromatic heterocycles. The maximum Gasteiger partial charge on any atom is 0.316 e. The summed E-state index contributed by atoms with van der Waals surface area (Å²) in [6.45, 7) is 4.29. The van der Waals surface area contributed by atoms with Gasteiger partial charge in [0.25, 0.3) is 0 Å². The number of esters is 1. The fraction of sp³-hybridized carbons (Fsp3) is 0.529. The van der Waals surface area contributed by atoms with Crippen LogP contribution >= 0.6 is 23.1 Å². The fourth-order valence-corrected chi connectivity index (χ4v) is 5.37. The van der Waals surface area contributed by atoms with Crippen LogP contribution in [0.15, 0.2) is 5.16 Å². The van der Waals surface area contributed by atoms with Crippen LogP contribution in [0.1, 0.15) is 43.0 Å². The third-order valence-corrected chi connectivity index (χ3v) is 6.53. The van der Waals surface area contributed by atoms with E-state index < -0.39 is 0 Å². The average molecular weight is 377 g/mol. The molecular weight excluding hydrogens is 356 g/mol. The number of carbonyl (C=O) groups is 1. The Balaban J connectivity index is 1.82. The van der Waals surface area contributed by atoms with Crippen LogP contribution in [0.5, 0.6) is 0 Å². The van der Waals surface area contributed by atoms with Gasteiger partial charge in [0, 0.05) is 11.3 Å². The number of fused-ring (bicyclic) bond motifs is 5. The lowest BCUT2D eigenvalue weighted by Crippen LogP contribution is -2.08. The molecule has 0 saturated carbocycles. The Morgan fingerprint density at radius 2 is 2.12 bits per heavy atom. The molecular formula is C17H20N4O2S2. The number of thiophene rings is 1. The van der Waals surface area contributed by atoms with E-state index in [0.29, 0.717) is 11.8 Å². The van der Waals surface area contributed by atoms with Gasteiger partial charge in [-0.15, -0.1) is 21.5 Å². The zero-order chi connectivity index (χ0) is 17.4. The van der Waals surface area contributed by atoms with Gasteiger partial charge in [-0.25, -0.2) is 4.98 Å². The lowest BCUT2D eigenvalue weighted by molar-refractivity contribution is -0.139. The number of ether oxygens (including phenoxy) is 1. The smallest absolute Gasteiger partial charge is 0.316 e. The second-order valence-corrected chi connectivity index (χ2v) is 8.03. The number of aryl methyl sites for hydroxylation is 3. The quantitative estimate of drug-likeness (QED) is 0.502. The molecule has 1 aliphatic rings. The number of carbonyl (C=O) groups excluding carboxylic acids is 1. The molecule has 0 aliphatic heterocycles. The normalized spacial score (nSPS) is 14.2. The molecule has 3 heterocycles. The van der Waals surface area contributed by atoms with Crippen molar-refractivity contribution in [3.8, 4) is 0 Å².